The molecule has 2 aliphatic heterocycles. The third-order valence-corrected chi connectivity index (χ3v) is 17.8. The number of rotatable bonds is 10. The second kappa shape index (κ2) is 21.2. The summed E-state index contributed by atoms with van der Waals surface area (Å²) >= 11 is 0. The maximum absolute atomic E-state index is 5.38. The van der Waals surface area contributed by atoms with E-state index < -0.39 is 0 Å². The second-order valence-corrected chi connectivity index (χ2v) is 22.9. The highest BCUT2D eigenvalue weighted by Gasteiger charge is 2.43. The van der Waals surface area contributed by atoms with Crippen LogP contribution in [0.5, 0.6) is 0 Å². The van der Waals surface area contributed by atoms with Gasteiger partial charge in [0, 0.05) is 67.2 Å². The van der Waals surface area contributed by atoms with Crippen molar-refractivity contribution in [3.8, 4) is 84.1 Å². The standard InChI is InChI=1S/C82H54BN5/c1-7-23-55(24-8-1)61-43-46-75-68(49-61)69-50-62(56-25-9-2-10-26-56)44-47-76(69)88(75)74-48-45-63(82-84-72(59-27-11-3-12-28-59)54-73(85-82)60-29-13-4-14-30-60)51-67(74)58-41-39-57(40-42-58)64-52-79-81-80(53-64)87(66-33-17-6-18-34-66)78-38-22-20-36-71(78)83(81)70-35-19-21-37-77(70)86(79)65-31-15-5-16-32-65/h1-54H. The molecule has 17 rings (SSSR count). The Morgan fingerprint density at radius 3 is 1.11 bits per heavy atom. The molecule has 0 N–H and O–H groups in total. The molecule has 0 saturated heterocycles. The Kier molecular flexibility index (Phi) is 12.2. The molecule has 4 heterocycles. The maximum atomic E-state index is 5.38. The lowest BCUT2D eigenvalue weighted by atomic mass is 9.33. The molecule has 15 aromatic rings. The summed E-state index contributed by atoms with van der Waals surface area (Å²) in [6, 6.07) is 119. The smallest absolute Gasteiger partial charge is 0.252 e. The van der Waals surface area contributed by atoms with Gasteiger partial charge in [0.05, 0.1) is 28.1 Å². The molecule has 0 aliphatic carbocycles. The van der Waals surface area contributed by atoms with E-state index in [1.165, 1.54) is 72.2 Å². The van der Waals surface area contributed by atoms with Crippen LogP contribution in [0.4, 0.5) is 34.1 Å². The lowest BCUT2D eigenvalue weighted by Gasteiger charge is -2.44. The van der Waals surface area contributed by atoms with Gasteiger partial charge in [-0.25, -0.2) is 9.97 Å². The van der Waals surface area contributed by atoms with Crippen LogP contribution in [0.2, 0.25) is 0 Å². The van der Waals surface area contributed by atoms with Crippen molar-refractivity contribution in [2.45, 2.75) is 0 Å². The number of aromatic nitrogens is 3. The van der Waals surface area contributed by atoms with Gasteiger partial charge < -0.3 is 14.4 Å². The molecule has 5 nitrogen and oxygen atoms in total. The number of benzene rings is 13. The first-order valence-corrected chi connectivity index (χ1v) is 30.2. The van der Waals surface area contributed by atoms with Crippen LogP contribution in [-0.4, -0.2) is 21.2 Å². The van der Waals surface area contributed by atoms with Gasteiger partial charge in [0.2, 0.25) is 0 Å². The fourth-order valence-electron chi connectivity index (χ4n) is 13.7. The van der Waals surface area contributed by atoms with E-state index in [0.29, 0.717) is 5.82 Å². The highest BCUT2D eigenvalue weighted by Crippen LogP contribution is 2.47. The van der Waals surface area contributed by atoms with Crippen LogP contribution in [-0.2, 0) is 0 Å². The summed E-state index contributed by atoms with van der Waals surface area (Å²) in [5, 5.41) is 2.37. The topological polar surface area (TPSA) is 37.2 Å². The first kappa shape index (κ1) is 50.9. The molecule has 0 radical (unpaired) electrons. The van der Waals surface area contributed by atoms with Crippen molar-refractivity contribution in [1.82, 2.24) is 14.5 Å². The third kappa shape index (κ3) is 8.64. The van der Waals surface area contributed by atoms with Crippen LogP contribution in [0.3, 0.4) is 0 Å². The Morgan fingerprint density at radius 1 is 0.250 bits per heavy atom. The molecule has 0 bridgehead atoms. The summed E-state index contributed by atoms with van der Waals surface area (Å²) in [4.78, 5) is 15.7. The average Bonchev–Trinajstić information content (AvgIpc) is 1.16. The lowest BCUT2D eigenvalue weighted by molar-refractivity contribution is 1.16. The zero-order valence-electron chi connectivity index (χ0n) is 48.0. The molecule has 2 aromatic heterocycles. The van der Waals surface area contributed by atoms with E-state index in [0.717, 1.165) is 78.4 Å². The molecule has 0 unspecified atom stereocenters. The summed E-state index contributed by atoms with van der Waals surface area (Å²) in [6.07, 6.45) is 0. The van der Waals surface area contributed by atoms with Gasteiger partial charge in [-0.15, -0.1) is 0 Å². The Bertz CT molecular complexity index is 4860. The summed E-state index contributed by atoms with van der Waals surface area (Å²) in [5.41, 5.74) is 27.9. The molecule has 410 valence electrons. The Hall–Kier alpha value is -11.6. The molecule has 0 fully saturated rings. The van der Waals surface area contributed by atoms with Gasteiger partial charge in [-0.05, 0) is 152 Å². The Balaban J connectivity index is 0.886. The van der Waals surface area contributed by atoms with Crippen molar-refractivity contribution in [2.75, 3.05) is 9.80 Å². The van der Waals surface area contributed by atoms with Crippen molar-refractivity contribution < 1.29 is 0 Å². The normalized spacial score (nSPS) is 12.2. The number of hydrogen-bond acceptors (Lipinski definition) is 4. The van der Waals surface area contributed by atoms with Crippen LogP contribution in [0.15, 0.2) is 328 Å². The maximum Gasteiger partial charge on any atom is 0.252 e. The van der Waals surface area contributed by atoms with Crippen LogP contribution < -0.4 is 26.2 Å². The molecule has 0 amide bonds. The van der Waals surface area contributed by atoms with Gasteiger partial charge in [0.15, 0.2) is 5.82 Å². The van der Waals surface area contributed by atoms with E-state index in [4.69, 9.17) is 9.97 Å². The highest BCUT2D eigenvalue weighted by molar-refractivity contribution is 7.00. The summed E-state index contributed by atoms with van der Waals surface area (Å²) < 4.78 is 2.47. The van der Waals surface area contributed by atoms with Gasteiger partial charge in [-0.2, -0.15) is 0 Å². The van der Waals surface area contributed by atoms with Crippen LogP contribution in [0.25, 0.3) is 106 Å². The zero-order valence-corrected chi connectivity index (χ0v) is 48.0. The highest BCUT2D eigenvalue weighted by atomic mass is 15.2. The first-order chi connectivity index (χ1) is 43.6. The monoisotopic (exact) mass is 1120 g/mol. The molecule has 0 saturated carbocycles. The zero-order chi connectivity index (χ0) is 58.1. The fraction of sp³-hybridized carbons (Fsp3) is 0. The van der Waals surface area contributed by atoms with E-state index in [9.17, 15) is 0 Å². The van der Waals surface area contributed by atoms with Gasteiger partial charge in [-0.3, -0.25) is 0 Å². The van der Waals surface area contributed by atoms with E-state index in [1.54, 1.807) is 0 Å². The van der Waals surface area contributed by atoms with Gasteiger partial charge >= 0.3 is 0 Å². The molecule has 6 heteroatoms. The molecule has 2 aliphatic rings. The Morgan fingerprint density at radius 2 is 0.636 bits per heavy atom. The van der Waals surface area contributed by atoms with E-state index >= 15 is 0 Å². The van der Waals surface area contributed by atoms with E-state index in [-0.39, 0.29) is 6.71 Å². The van der Waals surface area contributed by atoms with Gasteiger partial charge in [-0.1, -0.05) is 231 Å². The molecular formula is C82H54BN5. The van der Waals surface area contributed by atoms with Gasteiger partial charge in [0.1, 0.15) is 0 Å². The second-order valence-electron chi connectivity index (χ2n) is 22.9. The van der Waals surface area contributed by atoms with Crippen molar-refractivity contribution >= 4 is 79.0 Å². The minimum atomic E-state index is 0.0243. The average molecular weight is 1120 g/mol. The van der Waals surface area contributed by atoms with Crippen LogP contribution in [0, 0.1) is 0 Å². The molecule has 0 spiro atoms. The number of para-hydroxylation sites is 4. The van der Waals surface area contributed by atoms with Crippen molar-refractivity contribution in [3.63, 3.8) is 0 Å². The first-order valence-electron chi connectivity index (χ1n) is 30.2. The minimum Gasteiger partial charge on any atom is -0.311 e. The van der Waals surface area contributed by atoms with Crippen molar-refractivity contribution in [2.24, 2.45) is 0 Å². The molecule has 88 heavy (non-hydrogen) atoms. The largest absolute Gasteiger partial charge is 0.311 e. The number of fused-ring (bicyclic) bond motifs is 7. The Labute approximate surface area is 512 Å². The van der Waals surface area contributed by atoms with Gasteiger partial charge in [0.25, 0.3) is 6.71 Å². The van der Waals surface area contributed by atoms with Crippen LogP contribution >= 0.6 is 0 Å². The summed E-state index contributed by atoms with van der Waals surface area (Å²) in [7, 11) is 0. The quantitative estimate of drug-likeness (QED) is 0.128. The molecule has 0 atom stereocenters. The fourth-order valence-corrected chi connectivity index (χ4v) is 13.7. The lowest BCUT2D eigenvalue weighted by Crippen LogP contribution is -2.61. The minimum absolute atomic E-state index is 0.0243. The number of nitrogens with zero attached hydrogens (tertiary/aromatic N) is 5. The SMILES string of the molecule is c1ccc(-c2ccc3c(c2)c2cc(-c4ccccc4)ccc2n3-c2ccc(-c3nc(-c4ccccc4)cc(-c4ccccc4)n3)cc2-c2ccc(-c3cc4c5c(c3)N(c3ccccc3)c3ccccc3B5c3ccccc3N4c3ccccc3)cc2)cc1. The molecular weight excluding hydrogens is 1070 g/mol. The van der Waals surface area contributed by atoms with Crippen LogP contribution in [0.1, 0.15) is 0 Å². The number of anilines is 6. The third-order valence-electron chi connectivity index (χ3n) is 17.8. The van der Waals surface area contributed by atoms with Crippen molar-refractivity contribution in [3.05, 3.63) is 328 Å². The van der Waals surface area contributed by atoms with E-state index in [2.05, 4.69) is 330 Å². The van der Waals surface area contributed by atoms with E-state index in [1.807, 2.05) is 12.1 Å². The van der Waals surface area contributed by atoms with Crippen molar-refractivity contribution in [1.29, 1.82) is 0 Å². The predicted molar refractivity (Wildman–Crippen MR) is 368 cm³/mol. The summed E-state index contributed by atoms with van der Waals surface area (Å²) in [6.45, 7) is 0.0243. The molecule has 13 aromatic carbocycles. The summed E-state index contributed by atoms with van der Waals surface area (Å²) in [5.74, 6) is 0.655. The predicted octanol–water partition coefficient (Wildman–Crippen LogP) is 19.3. The number of hydrogen-bond donors (Lipinski definition) is 0.